The number of rotatable bonds is 5. The third-order valence-corrected chi connectivity index (χ3v) is 10.4. The van der Waals surface area contributed by atoms with Crippen molar-refractivity contribution >= 4 is 54.5 Å². The lowest BCUT2D eigenvalue weighted by Crippen LogP contribution is -2.00. The van der Waals surface area contributed by atoms with Gasteiger partial charge in [-0.2, -0.15) is 0 Å². The molecule has 8 aromatic carbocycles. The Labute approximate surface area is 310 Å². The first-order chi connectivity index (χ1) is 26.8. The van der Waals surface area contributed by atoms with Crippen molar-refractivity contribution in [1.82, 2.24) is 19.5 Å². The fourth-order valence-electron chi connectivity index (χ4n) is 8.00. The van der Waals surface area contributed by atoms with Crippen molar-refractivity contribution in [3.63, 3.8) is 0 Å². The summed E-state index contributed by atoms with van der Waals surface area (Å²) < 4.78 is 9.16. The summed E-state index contributed by atoms with van der Waals surface area (Å²) in [5.74, 6) is 1.90. The van der Waals surface area contributed by atoms with Crippen molar-refractivity contribution in [1.29, 1.82) is 0 Å². The van der Waals surface area contributed by atoms with Gasteiger partial charge in [-0.3, -0.25) is 0 Å². The number of para-hydroxylation sites is 2. The highest BCUT2D eigenvalue weighted by molar-refractivity contribution is 6.22. The van der Waals surface area contributed by atoms with Gasteiger partial charge in [-0.05, 0) is 52.9 Å². The Morgan fingerprint density at radius 1 is 0.370 bits per heavy atom. The number of fused-ring (bicyclic) bond motifs is 8. The molecule has 0 atom stereocenters. The van der Waals surface area contributed by atoms with E-state index in [1.807, 2.05) is 60.7 Å². The fourth-order valence-corrected chi connectivity index (χ4v) is 8.00. The summed E-state index contributed by atoms with van der Waals surface area (Å²) in [6.07, 6.45) is 0. The number of hydrogen-bond acceptors (Lipinski definition) is 4. The second kappa shape index (κ2) is 12.1. The van der Waals surface area contributed by atoms with E-state index in [2.05, 4.69) is 126 Å². The normalized spacial score (nSPS) is 11.7. The number of hydrogen-bond donors (Lipinski definition) is 0. The predicted octanol–water partition coefficient (Wildman–Crippen LogP) is 12.7. The zero-order chi connectivity index (χ0) is 35.6. The lowest BCUT2D eigenvalue weighted by molar-refractivity contribution is 0.672. The minimum Gasteiger partial charge on any atom is -0.455 e. The average molecular weight is 691 g/mol. The third kappa shape index (κ3) is 4.76. The molecule has 5 nitrogen and oxygen atoms in total. The van der Waals surface area contributed by atoms with E-state index in [4.69, 9.17) is 19.4 Å². The molecule has 0 amide bonds. The van der Waals surface area contributed by atoms with Gasteiger partial charge < -0.3 is 8.98 Å². The molecular weight excluding hydrogens is 661 g/mol. The van der Waals surface area contributed by atoms with Gasteiger partial charge in [-0.25, -0.2) is 15.0 Å². The van der Waals surface area contributed by atoms with E-state index in [0.717, 1.165) is 77.2 Å². The molecule has 0 aliphatic heterocycles. The van der Waals surface area contributed by atoms with Gasteiger partial charge in [0.2, 0.25) is 0 Å². The maximum atomic E-state index is 6.78. The summed E-state index contributed by atoms with van der Waals surface area (Å²) in [4.78, 5) is 15.0. The molecule has 0 aliphatic carbocycles. The topological polar surface area (TPSA) is 56.7 Å². The minimum atomic E-state index is 0.623. The van der Waals surface area contributed by atoms with Crippen LogP contribution in [0.2, 0.25) is 0 Å². The van der Waals surface area contributed by atoms with Crippen molar-refractivity contribution in [2.45, 2.75) is 0 Å². The highest BCUT2D eigenvalue weighted by atomic mass is 16.3. The molecule has 0 aliphatic rings. The highest BCUT2D eigenvalue weighted by Crippen LogP contribution is 2.43. The Hall–Kier alpha value is -7.37. The Morgan fingerprint density at radius 3 is 1.52 bits per heavy atom. The van der Waals surface area contributed by atoms with Crippen LogP contribution in [0.4, 0.5) is 0 Å². The fraction of sp³-hybridized carbons (Fsp3) is 0. The predicted molar refractivity (Wildman–Crippen MR) is 221 cm³/mol. The van der Waals surface area contributed by atoms with E-state index in [1.54, 1.807) is 0 Å². The molecule has 3 aromatic heterocycles. The molecule has 11 aromatic rings. The first kappa shape index (κ1) is 30.3. The molecule has 0 radical (unpaired) electrons. The molecule has 5 heteroatoms. The lowest BCUT2D eigenvalue weighted by Gasteiger charge is -2.12. The minimum absolute atomic E-state index is 0.623. The van der Waals surface area contributed by atoms with Gasteiger partial charge in [0, 0.05) is 38.2 Å². The van der Waals surface area contributed by atoms with Gasteiger partial charge >= 0.3 is 0 Å². The number of aromatic nitrogens is 4. The van der Waals surface area contributed by atoms with Crippen LogP contribution in [-0.4, -0.2) is 19.5 Å². The lowest BCUT2D eigenvalue weighted by atomic mass is 9.94. The molecule has 0 spiro atoms. The molecular formula is C49H30N4O. The van der Waals surface area contributed by atoms with Crippen LogP contribution in [0.25, 0.3) is 105 Å². The second-order valence-electron chi connectivity index (χ2n) is 13.6. The Bertz CT molecular complexity index is 3110. The van der Waals surface area contributed by atoms with Gasteiger partial charge in [-0.1, -0.05) is 146 Å². The van der Waals surface area contributed by atoms with Gasteiger partial charge in [0.1, 0.15) is 11.2 Å². The zero-order valence-electron chi connectivity index (χ0n) is 29.0. The van der Waals surface area contributed by atoms with Crippen LogP contribution in [-0.2, 0) is 0 Å². The molecule has 0 saturated heterocycles. The number of nitrogens with zero attached hydrogens (tertiary/aromatic N) is 4. The van der Waals surface area contributed by atoms with Crippen LogP contribution < -0.4 is 0 Å². The van der Waals surface area contributed by atoms with Crippen molar-refractivity contribution in [3.8, 4) is 51.0 Å². The van der Waals surface area contributed by atoms with E-state index >= 15 is 0 Å². The molecule has 3 heterocycles. The van der Waals surface area contributed by atoms with E-state index < -0.39 is 0 Å². The maximum absolute atomic E-state index is 6.78. The van der Waals surface area contributed by atoms with E-state index in [-0.39, 0.29) is 0 Å². The zero-order valence-corrected chi connectivity index (χ0v) is 29.0. The van der Waals surface area contributed by atoms with Crippen molar-refractivity contribution in [2.24, 2.45) is 0 Å². The summed E-state index contributed by atoms with van der Waals surface area (Å²) >= 11 is 0. The quantitative estimate of drug-likeness (QED) is 0.180. The molecule has 54 heavy (non-hydrogen) atoms. The Balaban J connectivity index is 1.15. The summed E-state index contributed by atoms with van der Waals surface area (Å²) in [6.45, 7) is 0. The first-order valence-electron chi connectivity index (χ1n) is 18.1. The van der Waals surface area contributed by atoms with Crippen molar-refractivity contribution in [2.75, 3.05) is 0 Å². The summed E-state index contributed by atoms with van der Waals surface area (Å²) in [5.41, 5.74) is 10.1. The Kier molecular flexibility index (Phi) is 6.79. The summed E-state index contributed by atoms with van der Waals surface area (Å²) in [5, 5.41) is 6.79. The van der Waals surface area contributed by atoms with Crippen LogP contribution >= 0.6 is 0 Å². The second-order valence-corrected chi connectivity index (χ2v) is 13.6. The standard InChI is InChI=1S/C49H30N4O/c1-3-15-31(16-4-1)47-50-48(32-17-5-2-6-18-32)52-49(51-47)34-20-13-19-33(29-34)39-30-40-45-43(27-14-28-44(45)54-46(40)38-24-8-7-21-35(38)39)53-41-25-11-9-22-36(41)37-23-10-12-26-42(37)53/h1-30H. The van der Waals surface area contributed by atoms with E-state index in [1.165, 1.54) is 10.8 Å². The van der Waals surface area contributed by atoms with Crippen molar-refractivity contribution < 1.29 is 4.42 Å². The SMILES string of the molecule is c1ccc(-c2nc(-c3ccccc3)nc(-c3cccc(-c4cc5c(oc6cccc(-n7c8ccccc8c8ccccc87)c65)c5ccccc45)c3)n2)cc1. The van der Waals surface area contributed by atoms with Gasteiger partial charge in [-0.15, -0.1) is 0 Å². The van der Waals surface area contributed by atoms with E-state index in [9.17, 15) is 0 Å². The molecule has 0 N–H and O–H groups in total. The van der Waals surface area contributed by atoms with Crippen LogP contribution in [0.5, 0.6) is 0 Å². The summed E-state index contributed by atoms with van der Waals surface area (Å²) in [6, 6.07) is 63.2. The third-order valence-electron chi connectivity index (χ3n) is 10.4. The molecule has 0 unspecified atom stereocenters. The van der Waals surface area contributed by atoms with Gasteiger partial charge in [0.05, 0.1) is 22.1 Å². The average Bonchev–Trinajstić information content (AvgIpc) is 3.80. The number of benzene rings is 8. The van der Waals surface area contributed by atoms with Gasteiger partial charge in [0.15, 0.2) is 17.5 Å². The monoisotopic (exact) mass is 690 g/mol. The van der Waals surface area contributed by atoms with E-state index in [0.29, 0.717) is 17.5 Å². The smallest absolute Gasteiger partial charge is 0.164 e. The van der Waals surface area contributed by atoms with Crippen LogP contribution in [0, 0.1) is 0 Å². The van der Waals surface area contributed by atoms with Gasteiger partial charge in [0.25, 0.3) is 0 Å². The summed E-state index contributed by atoms with van der Waals surface area (Å²) in [7, 11) is 0. The Morgan fingerprint density at radius 2 is 0.870 bits per heavy atom. The largest absolute Gasteiger partial charge is 0.455 e. The van der Waals surface area contributed by atoms with Crippen LogP contribution in [0.3, 0.4) is 0 Å². The molecule has 0 bridgehead atoms. The molecule has 11 rings (SSSR count). The van der Waals surface area contributed by atoms with Crippen LogP contribution in [0.15, 0.2) is 186 Å². The maximum Gasteiger partial charge on any atom is 0.164 e. The number of furan rings is 1. The molecule has 0 saturated carbocycles. The van der Waals surface area contributed by atoms with Crippen molar-refractivity contribution in [3.05, 3.63) is 182 Å². The molecule has 252 valence electrons. The highest BCUT2D eigenvalue weighted by Gasteiger charge is 2.21. The first-order valence-corrected chi connectivity index (χ1v) is 18.1. The van der Waals surface area contributed by atoms with Crippen LogP contribution in [0.1, 0.15) is 0 Å². The molecule has 0 fully saturated rings.